The van der Waals surface area contributed by atoms with Gasteiger partial charge in [-0.15, -0.1) is 0 Å². The average Bonchev–Trinajstić information content (AvgIpc) is 2.12. The van der Waals surface area contributed by atoms with Crippen molar-refractivity contribution >= 4 is 27.3 Å². The summed E-state index contributed by atoms with van der Waals surface area (Å²) in [5, 5.41) is 10.4. The van der Waals surface area contributed by atoms with Crippen LogP contribution in [0.25, 0.3) is 0 Å². The summed E-state index contributed by atoms with van der Waals surface area (Å²) in [5.41, 5.74) is 4.19. The normalized spacial score (nSPS) is 9.93. The predicted octanol–water partition coefficient (Wildman–Crippen LogP) is 2.09. The summed E-state index contributed by atoms with van der Waals surface area (Å²) in [6.07, 6.45) is 0. The van der Waals surface area contributed by atoms with Crippen LogP contribution in [-0.2, 0) is 0 Å². The van der Waals surface area contributed by atoms with Crippen LogP contribution < -0.4 is 10.5 Å². The maximum absolute atomic E-state index is 13.3. The summed E-state index contributed by atoms with van der Waals surface area (Å²) in [7, 11) is 1.24. The number of hydrogen-bond donors (Lipinski definition) is 1. The number of nitro benzene ring substituents is 1. The Labute approximate surface area is 86.9 Å². The fourth-order valence-electron chi connectivity index (χ4n) is 0.941. The molecule has 1 aromatic rings. The SMILES string of the molecule is COc1c(Br)cc([N+](=O)[O-])c(N)c1F. The number of halogens is 2. The van der Waals surface area contributed by atoms with Gasteiger partial charge in [0.15, 0.2) is 17.3 Å². The van der Waals surface area contributed by atoms with E-state index in [0.29, 0.717) is 0 Å². The third kappa shape index (κ3) is 1.63. The number of nitrogens with zero attached hydrogens (tertiary/aromatic N) is 1. The van der Waals surface area contributed by atoms with E-state index in [0.717, 1.165) is 6.07 Å². The first-order valence-electron chi connectivity index (χ1n) is 3.45. The lowest BCUT2D eigenvalue weighted by Crippen LogP contribution is -2.01. The molecule has 1 rings (SSSR count). The molecule has 0 atom stereocenters. The van der Waals surface area contributed by atoms with Crippen LogP contribution in [0.5, 0.6) is 5.75 Å². The highest BCUT2D eigenvalue weighted by atomic mass is 79.9. The molecule has 0 unspecified atom stereocenters. The third-order valence-electron chi connectivity index (χ3n) is 1.59. The molecular weight excluding hydrogens is 259 g/mol. The second-order valence-electron chi connectivity index (χ2n) is 2.40. The Morgan fingerprint density at radius 3 is 2.71 bits per heavy atom. The van der Waals surface area contributed by atoms with Crippen LogP contribution in [0.3, 0.4) is 0 Å². The summed E-state index contributed by atoms with van der Waals surface area (Å²) in [5.74, 6) is -1.08. The molecule has 0 aliphatic rings. The first kappa shape index (κ1) is 10.7. The lowest BCUT2D eigenvalue weighted by atomic mass is 10.2. The number of hydrogen-bond acceptors (Lipinski definition) is 4. The van der Waals surface area contributed by atoms with Crippen molar-refractivity contribution in [2.45, 2.75) is 0 Å². The highest BCUT2D eigenvalue weighted by Crippen LogP contribution is 2.37. The van der Waals surface area contributed by atoms with Gasteiger partial charge < -0.3 is 10.5 Å². The maximum Gasteiger partial charge on any atom is 0.296 e. The standard InChI is InChI=1S/C7H6BrFN2O3/c1-14-7-3(8)2-4(11(12)13)6(10)5(7)9/h2H,10H2,1H3. The molecule has 0 amide bonds. The number of ether oxygens (including phenoxy) is 1. The molecule has 0 aliphatic heterocycles. The molecule has 14 heavy (non-hydrogen) atoms. The minimum absolute atomic E-state index is 0.145. The first-order chi connectivity index (χ1) is 6.49. The number of rotatable bonds is 2. The van der Waals surface area contributed by atoms with E-state index in [4.69, 9.17) is 5.73 Å². The van der Waals surface area contributed by atoms with Gasteiger partial charge in [0.05, 0.1) is 16.5 Å². The van der Waals surface area contributed by atoms with Crippen molar-refractivity contribution < 1.29 is 14.1 Å². The number of benzene rings is 1. The second-order valence-corrected chi connectivity index (χ2v) is 3.25. The molecule has 0 aliphatic carbocycles. The zero-order valence-electron chi connectivity index (χ0n) is 7.08. The summed E-state index contributed by atoms with van der Waals surface area (Å²) >= 11 is 2.94. The second kappa shape index (κ2) is 3.79. The van der Waals surface area contributed by atoms with Gasteiger partial charge in [-0.1, -0.05) is 0 Å². The third-order valence-corrected chi connectivity index (χ3v) is 2.18. The van der Waals surface area contributed by atoms with Crippen LogP contribution in [0, 0.1) is 15.9 Å². The molecule has 0 spiro atoms. The van der Waals surface area contributed by atoms with E-state index in [2.05, 4.69) is 20.7 Å². The summed E-state index contributed by atoms with van der Waals surface area (Å²) < 4.78 is 18.1. The Bertz CT molecular complexity index is 397. The fraction of sp³-hybridized carbons (Fsp3) is 0.143. The summed E-state index contributed by atoms with van der Waals surface area (Å²) in [6, 6.07) is 1.09. The van der Waals surface area contributed by atoms with Crippen LogP contribution in [0.1, 0.15) is 0 Å². The van der Waals surface area contributed by atoms with Crippen LogP contribution >= 0.6 is 15.9 Å². The van der Waals surface area contributed by atoms with Gasteiger partial charge in [-0.05, 0) is 15.9 Å². The monoisotopic (exact) mass is 264 g/mol. The van der Waals surface area contributed by atoms with E-state index >= 15 is 0 Å². The van der Waals surface area contributed by atoms with Crippen LogP contribution in [0.2, 0.25) is 0 Å². The number of anilines is 1. The molecule has 7 heteroatoms. The molecular formula is C7H6BrFN2O3. The van der Waals surface area contributed by atoms with Crippen LogP contribution in [0.15, 0.2) is 10.5 Å². The molecule has 0 radical (unpaired) electrons. The highest BCUT2D eigenvalue weighted by Gasteiger charge is 2.22. The van der Waals surface area contributed by atoms with Gasteiger partial charge in [-0.25, -0.2) is 4.39 Å². The Hall–Kier alpha value is -1.37. The van der Waals surface area contributed by atoms with Gasteiger partial charge in [0.25, 0.3) is 5.69 Å². The van der Waals surface area contributed by atoms with E-state index in [9.17, 15) is 14.5 Å². The van der Waals surface area contributed by atoms with Gasteiger partial charge in [-0.3, -0.25) is 10.1 Å². The van der Waals surface area contributed by atoms with Crippen molar-refractivity contribution in [3.63, 3.8) is 0 Å². The van der Waals surface area contributed by atoms with E-state index in [1.807, 2.05) is 0 Å². The Morgan fingerprint density at radius 1 is 1.71 bits per heavy atom. The van der Waals surface area contributed by atoms with Gasteiger partial charge >= 0.3 is 0 Å². The summed E-state index contributed by atoms with van der Waals surface area (Å²) in [6.45, 7) is 0. The highest BCUT2D eigenvalue weighted by molar-refractivity contribution is 9.10. The van der Waals surface area contributed by atoms with Gasteiger partial charge in [0.2, 0.25) is 0 Å². The number of methoxy groups -OCH3 is 1. The predicted molar refractivity (Wildman–Crippen MR) is 51.7 cm³/mol. The molecule has 0 saturated heterocycles. The first-order valence-corrected chi connectivity index (χ1v) is 4.24. The van der Waals surface area contributed by atoms with E-state index < -0.39 is 22.1 Å². The Balaban J connectivity index is 3.47. The lowest BCUT2D eigenvalue weighted by molar-refractivity contribution is -0.384. The van der Waals surface area contributed by atoms with Crippen molar-refractivity contribution in [2.24, 2.45) is 0 Å². The average molecular weight is 265 g/mol. The van der Waals surface area contributed by atoms with Gasteiger partial charge in [0, 0.05) is 6.07 Å². The van der Waals surface area contributed by atoms with Crippen molar-refractivity contribution in [3.8, 4) is 5.75 Å². The van der Waals surface area contributed by atoms with Crippen molar-refractivity contribution in [2.75, 3.05) is 12.8 Å². The van der Waals surface area contributed by atoms with Gasteiger partial charge in [0.1, 0.15) is 0 Å². The van der Waals surface area contributed by atoms with E-state index in [1.54, 1.807) is 0 Å². The molecule has 0 fully saturated rings. The molecule has 0 saturated carbocycles. The molecule has 0 aromatic heterocycles. The largest absolute Gasteiger partial charge is 0.492 e. The topological polar surface area (TPSA) is 78.4 Å². The quantitative estimate of drug-likeness (QED) is 0.504. The fourth-order valence-corrected chi connectivity index (χ4v) is 1.49. The van der Waals surface area contributed by atoms with Gasteiger partial charge in [-0.2, -0.15) is 0 Å². The summed E-state index contributed by atoms with van der Waals surface area (Å²) in [4.78, 5) is 9.66. The molecule has 76 valence electrons. The number of nitrogens with two attached hydrogens (primary N) is 1. The zero-order chi connectivity index (χ0) is 10.9. The lowest BCUT2D eigenvalue weighted by Gasteiger charge is -2.06. The Morgan fingerprint density at radius 2 is 2.29 bits per heavy atom. The molecule has 0 heterocycles. The number of nitro groups is 1. The minimum Gasteiger partial charge on any atom is -0.492 e. The molecule has 5 nitrogen and oxygen atoms in total. The van der Waals surface area contributed by atoms with E-state index in [-0.39, 0.29) is 10.2 Å². The molecule has 1 aromatic carbocycles. The maximum atomic E-state index is 13.3. The minimum atomic E-state index is -0.937. The number of nitrogen functional groups attached to an aromatic ring is 1. The Kier molecular flexibility index (Phi) is 2.90. The van der Waals surface area contributed by atoms with Crippen molar-refractivity contribution in [1.82, 2.24) is 0 Å². The van der Waals surface area contributed by atoms with Crippen molar-refractivity contribution in [1.29, 1.82) is 0 Å². The molecule has 0 bridgehead atoms. The van der Waals surface area contributed by atoms with Crippen LogP contribution in [-0.4, -0.2) is 12.0 Å². The molecule has 2 N–H and O–H groups in total. The van der Waals surface area contributed by atoms with E-state index in [1.165, 1.54) is 7.11 Å². The van der Waals surface area contributed by atoms with Crippen LogP contribution in [0.4, 0.5) is 15.8 Å². The van der Waals surface area contributed by atoms with Crippen molar-refractivity contribution in [3.05, 3.63) is 26.5 Å². The smallest absolute Gasteiger partial charge is 0.296 e. The zero-order valence-corrected chi connectivity index (χ0v) is 8.67.